The molecule has 0 aliphatic rings. The highest BCUT2D eigenvalue weighted by Crippen LogP contribution is 2.18. The number of hydrogen-bond donors (Lipinski definition) is 0. The maximum atomic E-state index is 12.3. The van der Waals surface area contributed by atoms with Crippen molar-refractivity contribution in [1.29, 1.82) is 0 Å². The molecular formula is C18H21N5O2. The van der Waals surface area contributed by atoms with E-state index in [-0.39, 0.29) is 5.91 Å². The van der Waals surface area contributed by atoms with Crippen molar-refractivity contribution in [3.05, 3.63) is 54.6 Å². The quantitative estimate of drug-likeness (QED) is 0.661. The summed E-state index contributed by atoms with van der Waals surface area (Å²) in [5.74, 6) is 1.70. The first-order chi connectivity index (χ1) is 12.1. The van der Waals surface area contributed by atoms with Gasteiger partial charge in [-0.15, -0.1) is 0 Å². The fourth-order valence-corrected chi connectivity index (χ4v) is 2.59. The van der Waals surface area contributed by atoms with Crippen molar-refractivity contribution in [1.82, 2.24) is 24.6 Å². The number of nitrogens with zero attached hydrogens (tertiary/aromatic N) is 5. The summed E-state index contributed by atoms with van der Waals surface area (Å²) in [7, 11) is 1.77. The van der Waals surface area contributed by atoms with Crippen LogP contribution in [-0.4, -0.2) is 37.5 Å². The van der Waals surface area contributed by atoms with Crippen LogP contribution in [0.5, 0.6) is 0 Å². The maximum Gasteiger partial charge on any atom is 0.222 e. The second-order valence-corrected chi connectivity index (χ2v) is 5.94. The Morgan fingerprint density at radius 3 is 2.96 bits per heavy atom. The van der Waals surface area contributed by atoms with Gasteiger partial charge in [0.1, 0.15) is 11.5 Å². The normalized spacial score (nSPS) is 10.8. The summed E-state index contributed by atoms with van der Waals surface area (Å²) in [6.07, 6.45) is 8.40. The van der Waals surface area contributed by atoms with Gasteiger partial charge >= 0.3 is 0 Å². The summed E-state index contributed by atoms with van der Waals surface area (Å²) in [5.41, 5.74) is 1.61. The highest BCUT2D eigenvalue weighted by Gasteiger charge is 2.13. The lowest BCUT2D eigenvalue weighted by atomic mass is 10.2. The highest BCUT2D eigenvalue weighted by molar-refractivity contribution is 5.75. The van der Waals surface area contributed by atoms with Crippen LogP contribution in [0.15, 0.2) is 47.5 Å². The topological polar surface area (TPSA) is 77.1 Å². The first kappa shape index (κ1) is 16.9. The summed E-state index contributed by atoms with van der Waals surface area (Å²) in [5, 5.41) is 4.04. The maximum absolute atomic E-state index is 12.3. The number of carbonyl (C=O) groups excluding carboxylic acids is 1. The summed E-state index contributed by atoms with van der Waals surface area (Å²) < 4.78 is 7.38. The standard InChI is InChI=1S/C18H21N5O2/c1-14-20-8-10-23(14)9-4-6-18(24)22(2)13-16-11-17(21-25-16)15-5-3-7-19-12-15/h3,5,7-8,10-12H,4,6,9,13H2,1-2H3. The lowest BCUT2D eigenvalue weighted by Crippen LogP contribution is -2.26. The number of aromatic nitrogens is 4. The molecule has 3 aromatic rings. The van der Waals surface area contributed by atoms with E-state index in [9.17, 15) is 4.79 Å². The van der Waals surface area contributed by atoms with Gasteiger partial charge in [-0.3, -0.25) is 9.78 Å². The van der Waals surface area contributed by atoms with Crippen LogP contribution in [0.2, 0.25) is 0 Å². The molecule has 0 aliphatic heterocycles. The third kappa shape index (κ3) is 4.32. The van der Waals surface area contributed by atoms with E-state index in [1.807, 2.05) is 35.9 Å². The van der Waals surface area contributed by atoms with Crippen molar-refractivity contribution < 1.29 is 9.32 Å². The molecule has 0 N–H and O–H groups in total. The molecule has 7 nitrogen and oxygen atoms in total. The SMILES string of the molecule is Cc1nccn1CCCC(=O)N(C)Cc1cc(-c2cccnc2)no1. The zero-order chi connectivity index (χ0) is 17.6. The molecule has 130 valence electrons. The summed E-state index contributed by atoms with van der Waals surface area (Å²) >= 11 is 0. The largest absolute Gasteiger partial charge is 0.359 e. The number of hydrogen-bond acceptors (Lipinski definition) is 5. The van der Waals surface area contributed by atoms with E-state index in [0.717, 1.165) is 30.0 Å². The van der Waals surface area contributed by atoms with Crippen LogP contribution in [-0.2, 0) is 17.9 Å². The van der Waals surface area contributed by atoms with Crippen LogP contribution in [0.4, 0.5) is 0 Å². The first-order valence-corrected chi connectivity index (χ1v) is 8.21. The van der Waals surface area contributed by atoms with Gasteiger partial charge < -0.3 is 14.0 Å². The van der Waals surface area contributed by atoms with Gasteiger partial charge in [-0.25, -0.2) is 4.98 Å². The molecule has 25 heavy (non-hydrogen) atoms. The van der Waals surface area contributed by atoms with E-state index >= 15 is 0 Å². The first-order valence-electron chi connectivity index (χ1n) is 8.21. The van der Waals surface area contributed by atoms with Crippen LogP contribution in [0.1, 0.15) is 24.4 Å². The molecule has 1 amide bonds. The third-order valence-electron chi connectivity index (χ3n) is 4.05. The molecule has 7 heteroatoms. The fourth-order valence-electron chi connectivity index (χ4n) is 2.59. The summed E-state index contributed by atoms with van der Waals surface area (Å²) in [6.45, 7) is 3.15. The molecule has 0 unspecified atom stereocenters. The van der Waals surface area contributed by atoms with Crippen molar-refractivity contribution >= 4 is 5.91 Å². The van der Waals surface area contributed by atoms with E-state index in [2.05, 4.69) is 15.1 Å². The Kier molecular flexibility index (Phi) is 5.23. The average molecular weight is 339 g/mol. The van der Waals surface area contributed by atoms with Crippen LogP contribution in [0, 0.1) is 6.92 Å². The zero-order valence-electron chi connectivity index (χ0n) is 14.4. The Labute approximate surface area is 146 Å². The van der Waals surface area contributed by atoms with E-state index in [0.29, 0.717) is 18.7 Å². The molecular weight excluding hydrogens is 318 g/mol. The number of imidazole rings is 1. The Morgan fingerprint density at radius 1 is 1.36 bits per heavy atom. The van der Waals surface area contributed by atoms with Gasteiger partial charge in [0.05, 0.1) is 6.54 Å². The lowest BCUT2D eigenvalue weighted by molar-refractivity contribution is -0.130. The van der Waals surface area contributed by atoms with Crippen molar-refractivity contribution in [3.8, 4) is 11.3 Å². The Hall–Kier alpha value is -2.96. The van der Waals surface area contributed by atoms with Gasteiger partial charge in [0, 0.05) is 56.4 Å². The fraction of sp³-hybridized carbons (Fsp3) is 0.333. The van der Waals surface area contributed by atoms with Crippen LogP contribution < -0.4 is 0 Å². The average Bonchev–Trinajstić information content (AvgIpc) is 3.25. The molecule has 0 spiro atoms. The Morgan fingerprint density at radius 2 is 2.24 bits per heavy atom. The minimum Gasteiger partial charge on any atom is -0.359 e. The highest BCUT2D eigenvalue weighted by atomic mass is 16.5. The number of pyridine rings is 1. The smallest absolute Gasteiger partial charge is 0.222 e. The molecule has 0 saturated heterocycles. The third-order valence-corrected chi connectivity index (χ3v) is 4.05. The van der Waals surface area contributed by atoms with Gasteiger partial charge in [-0.1, -0.05) is 5.16 Å². The second-order valence-electron chi connectivity index (χ2n) is 5.94. The van der Waals surface area contributed by atoms with Crippen molar-refractivity contribution in [2.24, 2.45) is 0 Å². The molecule has 0 aromatic carbocycles. The van der Waals surface area contributed by atoms with Gasteiger partial charge in [0.15, 0.2) is 5.76 Å². The molecule has 0 saturated carbocycles. The predicted octanol–water partition coefficient (Wildman–Crippen LogP) is 2.68. The zero-order valence-corrected chi connectivity index (χ0v) is 14.4. The number of carbonyl (C=O) groups is 1. The van der Waals surface area contributed by atoms with Gasteiger partial charge in [-0.05, 0) is 25.5 Å². The van der Waals surface area contributed by atoms with Crippen molar-refractivity contribution in [2.75, 3.05) is 7.05 Å². The molecule has 0 aliphatic carbocycles. The van der Waals surface area contributed by atoms with Crippen LogP contribution in [0.25, 0.3) is 11.3 Å². The van der Waals surface area contributed by atoms with Gasteiger partial charge in [0.25, 0.3) is 0 Å². The Balaban J connectivity index is 1.50. The Bertz CT molecular complexity index is 825. The van der Waals surface area contributed by atoms with Gasteiger partial charge in [-0.2, -0.15) is 0 Å². The second kappa shape index (κ2) is 7.74. The molecule has 0 bridgehead atoms. The van der Waals surface area contributed by atoms with Crippen molar-refractivity contribution in [2.45, 2.75) is 32.9 Å². The molecule has 3 aromatic heterocycles. The van der Waals surface area contributed by atoms with Gasteiger partial charge in [0.2, 0.25) is 5.91 Å². The summed E-state index contributed by atoms with van der Waals surface area (Å²) in [6, 6.07) is 5.61. The number of aryl methyl sites for hydroxylation is 2. The molecule has 3 rings (SSSR count). The predicted molar refractivity (Wildman–Crippen MR) is 92.4 cm³/mol. The summed E-state index contributed by atoms with van der Waals surface area (Å²) in [4.78, 5) is 22.2. The number of amides is 1. The van der Waals surface area contributed by atoms with E-state index in [1.54, 1.807) is 30.5 Å². The number of rotatable bonds is 7. The van der Waals surface area contributed by atoms with Crippen LogP contribution in [0.3, 0.4) is 0 Å². The van der Waals surface area contributed by atoms with E-state index < -0.39 is 0 Å². The van der Waals surface area contributed by atoms with Crippen molar-refractivity contribution in [3.63, 3.8) is 0 Å². The van der Waals surface area contributed by atoms with E-state index in [1.165, 1.54) is 0 Å². The minimum absolute atomic E-state index is 0.0806. The van der Waals surface area contributed by atoms with E-state index in [4.69, 9.17) is 4.52 Å². The molecule has 0 fully saturated rings. The molecule has 3 heterocycles. The van der Waals surface area contributed by atoms with Crippen LogP contribution >= 0.6 is 0 Å². The molecule has 0 radical (unpaired) electrons. The monoisotopic (exact) mass is 339 g/mol. The molecule has 0 atom stereocenters. The lowest BCUT2D eigenvalue weighted by Gasteiger charge is -2.15. The minimum atomic E-state index is 0.0806.